The van der Waals surface area contributed by atoms with Crippen molar-refractivity contribution in [3.63, 3.8) is 0 Å². The van der Waals surface area contributed by atoms with E-state index in [9.17, 15) is 8.42 Å². The van der Waals surface area contributed by atoms with Gasteiger partial charge < -0.3 is 4.90 Å². The highest BCUT2D eigenvalue weighted by molar-refractivity contribution is 9.11. The quantitative estimate of drug-likeness (QED) is 0.891. The molecule has 2 aromatic rings. The van der Waals surface area contributed by atoms with Gasteiger partial charge in [-0.1, -0.05) is 0 Å². The Labute approximate surface area is 130 Å². The van der Waals surface area contributed by atoms with E-state index < -0.39 is 10.0 Å². The number of thiophene rings is 1. The number of sulfonamides is 1. The van der Waals surface area contributed by atoms with Crippen LogP contribution in [0.4, 0.5) is 11.4 Å². The molecule has 0 saturated carbocycles. The van der Waals surface area contributed by atoms with Crippen LogP contribution in [0, 0.1) is 6.92 Å². The lowest BCUT2D eigenvalue weighted by Gasteiger charge is -2.17. The SMILES string of the molecule is Cc1cc(S(=O)(=O)Nc2cnccc2N(C)C)sc1Br. The molecule has 0 fully saturated rings. The molecular formula is C12H14BrN3O2S2. The maximum atomic E-state index is 12.4. The van der Waals surface area contributed by atoms with Crippen molar-refractivity contribution in [3.8, 4) is 0 Å². The lowest BCUT2D eigenvalue weighted by molar-refractivity contribution is 0.603. The van der Waals surface area contributed by atoms with E-state index in [0.29, 0.717) is 5.69 Å². The molecule has 0 aliphatic carbocycles. The molecule has 5 nitrogen and oxygen atoms in total. The number of nitrogens with one attached hydrogen (secondary N) is 1. The van der Waals surface area contributed by atoms with Gasteiger partial charge in [0.1, 0.15) is 4.21 Å². The zero-order valence-electron chi connectivity index (χ0n) is 11.2. The molecule has 0 aliphatic rings. The van der Waals surface area contributed by atoms with Crippen LogP contribution in [0.5, 0.6) is 0 Å². The molecule has 0 radical (unpaired) electrons. The van der Waals surface area contributed by atoms with Gasteiger partial charge in [0.2, 0.25) is 0 Å². The molecule has 0 unspecified atom stereocenters. The van der Waals surface area contributed by atoms with Crippen LogP contribution in [0.1, 0.15) is 5.56 Å². The molecule has 1 N–H and O–H groups in total. The average Bonchev–Trinajstić information content (AvgIpc) is 2.70. The maximum absolute atomic E-state index is 12.4. The van der Waals surface area contributed by atoms with Gasteiger partial charge in [-0.25, -0.2) is 8.42 Å². The first-order chi connectivity index (χ1) is 9.31. The van der Waals surface area contributed by atoms with Gasteiger partial charge in [0.15, 0.2) is 0 Å². The third kappa shape index (κ3) is 3.13. The van der Waals surface area contributed by atoms with Gasteiger partial charge in [0, 0.05) is 20.3 Å². The minimum atomic E-state index is -3.60. The van der Waals surface area contributed by atoms with Crippen molar-refractivity contribution in [1.29, 1.82) is 0 Å². The molecule has 0 spiro atoms. The summed E-state index contributed by atoms with van der Waals surface area (Å²) in [5.41, 5.74) is 2.12. The molecule has 0 aromatic carbocycles. The summed E-state index contributed by atoms with van der Waals surface area (Å²) in [7, 11) is 0.0933. The third-order valence-corrected chi connectivity index (χ3v) is 6.60. The van der Waals surface area contributed by atoms with Gasteiger partial charge in [-0.2, -0.15) is 0 Å². The average molecular weight is 376 g/mol. The summed E-state index contributed by atoms with van der Waals surface area (Å²) in [5, 5.41) is 0. The predicted octanol–water partition coefficient (Wildman–Crippen LogP) is 3.08. The van der Waals surface area contributed by atoms with Crippen LogP contribution in [0.2, 0.25) is 0 Å². The normalized spacial score (nSPS) is 11.4. The van der Waals surface area contributed by atoms with E-state index in [2.05, 4.69) is 25.6 Å². The van der Waals surface area contributed by atoms with Crippen LogP contribution in [-0.4, -0.2) is 27.5 Å². The van der Waals surface area contributed by atoms with Crippen molar-refractivity contribution in [1.82, 2.24) is 4.98 Å². The number of hydrogen-bond donors (Lipinski definition) is 1. The van der Waals surface area contributed by atoms with Gasteiger partial charge in [-0.3, -0.25) is 9.71 Å². The van der Waals surface area contributed by atoms with Crippen LogP contribution in [-0.2, 0) is 10.0 Å². The fraction of sp³-hybridized carbons (Fsp3) is 0.250. The van der Waals surface area contributed by atoms with E-state index in [1.165, 1.54) is 17.5 Å². The number of anilines is 2. The second-order valence-corrected chi connectivity index (χ2v) is 8.69. The Balaban J connectivity index is 2.38. The molecule has 2 heterocycles. The Morgan fingerprint density at radius 2 is 2.10 bits per heavy atom. The Morgan fingerprint density at radius 1 is 1.40 bits per heavy atom. The van der Waals surface area contributed by atoms with Gasteiger partial charge in [0.05, 0.1) is 21.4 Å². The molecule has 20 heavy (non-hydrogen) atoms. The fourth-order valence-electron chi connectivity index (χ4n) is 1.62. The van der Waals surface area contributed by atoms with Crippen molar-refractivity contribution >= 4 is 48.7 Å². The van der Waals surface area contributed by atoms with Crippen molar-refractivity contribution in [2.75, 3.05) is 23.7 Å². The molecule has 0 bridgehead atoms. The van der Waals surface area contributed by atoms with Crippen molar-refractivity contribution in [3.05, 3.63) is 33.9 Å². The van der Waals surface area contributed by atoms with Gasteiger partial charge in [-0.05, 0) is 40.5 Å². The first kappa shape index (κ1) is 15.3. The van der Waals surface area contributed by atoms with E-state index in [-0.39, 0.29) is 4.21 Å². The van der Waals surface area contributed by atoms with Crippen LogP contribution in [0.15, 0.2) is 32.5 Å². The summed E-state index contributed by atoms with van der Waals surface area (Å²) in [6, 6.07) is 3.40. The summed E-state index contributed by atoms with van der Waals surface area (Å²) >= 11 is 4.52. The number of hydrogen-bond acceptors (Lipinski definition) is 5. The van der Waals surface area contributed by atoms with Crippen molar-refractivity contribution in [2.45, 2.75) is 11.1 Å². The van der Waals surface area contributed by atoms with E-state index in [0.717, 1.165) is 15.0 Å². The van der Waals surface area contributed by atoms with Crippen molar-refractivity contribution in [2.24, 2.45) is 0 Å². The number of pyridine rings is 1. The highest BCUT2D eigenvalue weighted by Crippen LogP contribution is 2.32. The van der Waals surface area contributed by atoms with Gasteiger partial charge in [-0.15, -0.1) is 11.3 Å². The minimum Gasteiger partial charge on any atom is -0.376 e. The maximum Gasteiger partial charge on any atom is 0.271 e. The molecular weight excluding hydrogens is 362 g/mol. The summed E-state index contributed by atoms with van der Waals surface area (Å²) in [6.45, 7) is 1.86. The molecule has 2 rings (SSSR count). The molecule has 0 saturated heterocycles. The summed E-state index contributed by atoms with van der Waals surface area (Å²) in [6.07, 6.45) is 3.13. The van der Waals surface area contributed by atoms with Gasteiger partial charge >= 0.3 is 0 Å². The summed E-state index contributed by atoms with van der Waals surface area (Å²) < 4.78 is 28.4. The molecule has 8 heteroatoms. The van der Waals surface area contributed by atoms with Crippen LogP contribution >= 0.6 is 27.3 Å². The Hall–Kier alpha value is -1.12. The first-order valence-electron chi connectivity index (χ1n) is 5.71. The number of aryl methyl sites for hydroxylation is 1. The number of rotatable bonds is 4. The third-order valence-electron chi connectivity index (χ3n) is 2.62. The summed E-state index contributed by atoms with van der Waals surface area (Å²) in [4.78, 5) is 5.80. The number of aromatic nitrogens is 1. The second kappa shape index (κ2) is 5.71. The lowest BCUT2D eigenvalue weighted by atomic mass is 10.3. The van der Waals surface area contributed by atoms with Crippen LogP contribution in [0.3, 0.4) is 0 Å². The van der Waals surface area contributed by atoms with E-state index in [1.54, 1.807) is 18.3 Å². The monoisotopic (exact) mass is 375 g/mol. The minimum absolute atomic E-state index is 0.274. The predicted molar refractivity (Wildman–Crippen MR) is 86.1 cm³/mol. The van der Waals surface area contributed by atoms with E-state index in [1.807, 2.05) is 25.9 Å². The standard InChI is InChI=1S/C12H14BrN3O2S2/c1-8-6-11(19-12(8)13)20(17,18)15-9-7-14-5-4-10(9)16(2)3/h4-7,15H,1-3H3. The van der Waals surface area contributed by atoms with Crippen molar-refractivity contribution < 1.29 is 8.42 Å². The molecule has 0 amide bonds. The van der Waals surface area contributed by atoms with Crippen LogP contribution < -0.4 is 9.62 Å². The molecule has 2 aromatic heterocycles. The Bertz CT molecular complexity index is 707. The Kier molecular flexibility index (Phi) is 4.36. The lowest BCUT2D eigenvalue weighted by Crippen LogP contribution is -2.16. The molecule has 0 atom stereocenters. The fourth-order valence-corrected chi connectivity index (χ4v) is 4.90. The van der Waals surface area contributed by atoms with E-state index in [4.69, 9.17) is 0 Å². The number of nitrogens with zero attached hydrogens (tertiary/aromatic N) is 2. The highest BCUT2D eigenvalue weighted by Gasteiger charge is 2.20. The Morgan fingerprint density at radius 3 is 2.65 bits per heavy atom. The smallest absolute Gasteiger partial charge is 0.271 e. The molecule has 108 valence electrons. The summed E-state index contributed by atoms with van der Waals surface area (Å²) in [5.74, 6) is 0. The number of halogens is 1. The zero-order chi connectivity index (χ0) is 14.9. The molecule has 0 aliphatic heterocycles. The zero-order valence-corrected chi connectivity index (χ0v) is 14.4. The highest BCUT2D eigenvalue weighted by atomic mass is 79.9. The first-order valence-corrected chi connectivity index (χ1v) is 8.80. The topological polar surface area (TPSA) is 62.3 Å². The largest absolute Gasteiger partial charge is 0.376 e. The van der Waals surface area contributed by atoms with Gasteiger partial charge in [0.25, 0.3) is 10.0 Å². The van der Waals surface area contributed by atoms with E-state index >= 15 is 0 Å². The second-order valence-electron chi connectivity index (χ2n) is 4.41. The van der Waals surface area contributed by atoms with Crippen LogP contribution in [0.25, 0.3) is 0 Å².